The summed E-state index contributed by atoms with van der Waals surface area (Å²) in [5, 5.41) is 12.3. The van der Waals surface area contributed by atoms with Gasteiger partial charge in [-0.05, 0) is 56.1 Å². The minimum absolute atomic E-state index is 0.217. The van der Waals surface area contributed by atoms with Gasteiger partial charge in [-0.15, -0.1) is 0 Å². The molecule has 4 aliphatic rings. The Morgan fingerprint density at radius 2 is 1.93 bits per heavy atom. The van der Waals surface area contributed by atoms with Crippen LogP contribution in [0.1, 0.15) is 52.4 Å². The first-order chi connectivity index (χ1) is 14.5. The summed E-state index contributed by atoms with van der Waals surface area (Å²) in [7, 11) is 0. The fraction of sp³-hybridized carbons (Fsp3) is 0.667. The molecule has 164 valence electrons. The average molecular weight is 412 g/mol. The molecule has 6 heteroatoms. The molecule has 0 bridgehead atoms. The molecule has 2 aliphatic carbocycles. The predicted octanol–water partition coefficient (Wildman–Crippen LogP) is 3.50. The molecule has 0 aromatic carbocycles. The number of hydrogen-bond acceptors (Lipinski definition) is 5. The smallest absolute Gasteiger partial charge is 0.162 e. The third-order valence-corrected chi connectivity index (χ3v) is 6.68. The zero-order valence-corrected chi connectivity index (χ0v) is 18.4. The Morgan fingerprint density at radius 1 is 1.20 bits per heavy atom. The van der Waals surface area contributed by atoms with E-state index < -0.39 is 0 Å². The standard InChI is InChI=1S/C24H37N5O/c1-17-12-18(2)14-28(13-17)23-15-29(16-27-23)24(26)21-10-8-20(9-11-22(21)25)30-19-6-4-3-5-7-19/h9-11,15,17-19,21-22,26-27H,3-7,12-14,16,25H2,1-2H3/t17-,18+,21?,22?. The van der Waals surface area contributed by atoms with Gasteiger partial charge in [0.15, 0.2) is 5.76 Å². The van der Waals surface area contributed by atoms with Crippen LogP contribution >= 0.6 is 0 Å². The van der Waals surface area contributed by atoms with E-state index in [0.717, 1.165) is 37.5 Å². The third-order valence-electron chi connectivity index (χ3n) is 6.68. The number of amidine groups is 1. The van der Waals surface area contributed by atoms with E-state index in [9.17, 15) is 0 Å². The summed E-state index contributed by atoms with van der Waals surface area (Å²) in [6.07, 6.45) is 15.5. The largest absolute Gasteiger partial charge is 0.483 e. The highest BCUT2D eigenvalue weighted by molar-refractivity contribution is 5.85. The minimum atomic E-state index is -0.259. The van der Waals surface area contributed by atoms with Crippen molar-refractivity contribution in [3.8, 4) is 0 Å². The lowest BCUT2D eigenvalue weighted by Gasteiger charge is -2.36. The SMILES string of the molecule is C[C@@H]1C[C@H](C)CN(C2=CN(C(=N)C3C=C=C(OC4CCCCC4)C=CC3N)CN2)C1. The molecule has 2 aliphatic heterocycles. The van der Waals surface area contributed by atoms with E-state index in [1.165, 1.54) is 25.7 Å². The molecule has 0 radical (unpaired) electrons. The Balaban J connectivity index is 1.42. The van der Waals surface area contributed by atoms with Gasteiger partial charge in [-0.2, -0.15) is 0 Å². The van der Waals surface area contributed by atoms with Crippen LogP contribution in [-0.4, -0.2) is 47.5 Å². The highest BCUT2D eigenvalue weighted by Gasteiger charge is 2.30. The number of hydrogen-bond donors (Lipinski definition) is 3. The number of nitrogens with two attached hydrogens (primary N) is 1. The van der Waals surface area contributed by atoms with Crippen molar-refractivity contribution < 1.29 is 4.74 Å². The number of ether oxygens (including phenoxy) is 1. The Hall–Kier alpha value is -2.17. The minimum Gasteiger partial charge on any atom is -0.483 e. The zero-order chi connectivity index (χ0) is 21.1. The first-order valence-electron chi connectivity index (χ1n) is 11.6. The lowest BCUT2D eigenvalue weighted by molar-refractivity contribution is 0.0905. The van der Waals surface area contributed by atoms with Gasteiger partial charge in [0.25, 0.3) is 0 Å². The predicted molar refractivity (Wildman–Crippen MR) is 120 cm³/mol. The van der Waals surface area contributed by atoms with E-state index in [4.69, 9.17) is 15.9 Å². The van der Waals surface area contributed by atoms with Crippen molar-refractivity contribution in [2.75, 3.05) is 19.8 Å². The lowest BCUT2D eigenvalue weighted by Crippen LogP contribution is -2.41. The van der Waals surface area contributed by atoms with Crippen LogP contribution in [0.15, 0.2) is 41.7 Å². The summed E-state index contributed by atoms with van der Waals surface area (Å²) in [5.41, 5.74) is 9.69. The van der Waals surface area contributed by atoms with E-state index in [2.05, 4.69) is 36.0 Å². The Bertz CT molecular complexity index is 750. The second-order valence-corrected chi connectivity index (χ2v) is 9.57. The fourth-order valence-corrected chi connectivity index (χ4v) is 5.15. The van der Waals surface area contributed by atoms with Crippen molar-refractivity contribution in [1.82, 2.24) is 15.1 Å². The van der Waals surface area contributed by atoms with Crippen LogP contribution in [0.4, 0.5) is 0 Å². The van der Waals surface area contributed by atoms with Gasteiger partial charge in [0.05, 0.1) is 18.7 Å². The number of piperidine rings is 1. The molecule has 4 atom stereocenters. The maximum atomic E-state index is 8.80. The van der Waals surface area contributed by atoms with Crippen LogP contribution < -0.4 is 11.1 Å². The maximum Gasteiger partial charge on any atom is 0.162 e. The molecule has 2 heterocycles. The second kappa shape index (κ2) is 9.32. The van der Waals surface area contributed by atoms with E-state index in [1.807, 2.05) is 23.1 Å². The van der Waals surface area contributed by atoms with Gasteiger partial charge in [0, 0.05) is 25.3 Å². The van der Waals surface area contributed by atoms with Gasteiger partial charge in [0.1, 0.15) is 11.7 Å². The Morgan fingerprint density at radius 3 is 2.67 bits per heavy atom. The van der Waals surface area contributed by atoms with Crippen LogP contribution in [0.25, 0.3) is 0 Å². The average Bonchev–Trinajstić information content (AvgIpc) is 3.15. The van der Waals surface area contributed by atoms with Crippen molar-refractivity contribution in [1.29, 1.82) is 5.41 Å². The van der Waals surface area contributed by atoms with Crippen LogP contribution in [0.2, 0.25) is 0 Å². The van der Waals surface area contributed by atoms with Gasteiger partial charge in [-0.1, -0.05) is 32.1 Å². The first kappa shape index (κ1) is 21.1. The summed E-state index contributed by atoms with van der Waals surface area (Å²) in [5.74, 6) is 3.54. The molecular formula is C24H37N5O. The van der Waals surface area contributed by atoms with E-state index >= 15 is 0 Å². The summed E-state index contributed by atoms with van der Waals surface area (Å²) in [6, 6.07) is -0.259. The highest BCUT2D eigenvalue weighted by atomic mass is 16.5. The van der Waals surface area contributed by atoms with Gasteiger partial charge in [-0.25, -0.2) is 0 Å². The molecule has 2 fully saturated rings. The molecule has 6 nitrogen and oxygen atoms in total. The molecule has 4 N–H and O–H groups in total. The molecule has 0 aromatic rings. The number of nitrogens with one attached hydrogen (secondary N) is 2. The lowest BCUT2D eigenvalue weighted by atomic mass is 9.92. The molecule has 2 unspecified atom stereocenters. The molecule has 1 saturated carbocycles. The number of likely N-dealkylation sites (tertiary alicyclic amines) is 1. The van der Waals surface area contributed by atoms with Crippen molar-refractivity contribution >= 4 is 5.84 Å². The number of rotatable bonds is 4. The summed E-state index contributed by atoms with van der Waals surface area (Å²) < 4.78 is 6.15. The van der Waals surface area contributed by atoms with Crippen LogP contribution in [-0.2, 0) is 4.74 Å². The van der Waals surface area contributed by atoms with E-state index in [-0.39, 0.29) is 18.1 Å². The zero-order valence-electron chi connectivity index (χ0n) is 18.4. The molecular weight excluding hydrogens is 374 g/mol. The molecule has 4 rings (SSSR count). The Labute approximate surface area is 181 Å². The summed E-state index contributed by atoms with van der Waals surface area (Å²) >= 11 is 0. The summed E-state index contributed by atoms with van der Waals surface area (Å²) in [6.45, 7) is 7.39. The van der Waals surface area contributed by atoms with Gasteiger partial charge in [0.2, 0.25) is 0 Å². The molecule has 0 spiro atoms. The van der Waals surface area contributed by atoms with Crippen LogP contribution in [0.3, 0.4) is 0 Å². The van der Waals surface area contributed by atoms with Gasteiger partial charge < -0.3 is 25.6 Å². The molecule has 0 aromatic heterocycles. The molecule has 0 amide bonds. The van der Waals surface area contributed by atoms with Crippen molar-refractivity contribution in [3.05, 3.63) is 41.7 Å². The van der Waals surface area contributed by atoms with Gasteiger partial charge in [-0.3, -0.25) is 5.41 Å². The van der Waals surface area contributed by atoms with Crippen LogP contribution in [0.5, 0.6) is 0 Å². The van der Waals surface area contributed by atoms with E-state index in [1.54, 1.807) is 0 Å². The fourth-order valence-electron chi connectivity index (χ4n) is 5.15. The first-order valence-corrected chi connectivity index (χ1v) is 11.6. The third kappa shape index (κ3) is 4.93. The van der Waals surface area contributed by atoms with Crippen molar-refractivity contribution in [3.63, 3.8) is 0 Å². The summed E-state index contributed by atoms with van der Waals surface area (Å²) in [4.78, 5) is 4.40. The van der Waals surface area contributed by atoms with Gasteiger partial charge >= 0.3 is 0 Å². The second-order valence-electron chi connectivity index (χ2n) is 9.57. The molecule has 1 saturated heterocycles. The normalized spacial score (nSPS) is 32.4. The van der Waals surface area contributed by atoms with Crippen LogP contribution in [0, 0.1) is 23.2 Å². The molecule has 30 heavy (non-hydrogen) atoms. The quantitative estimate of drug-likeness (QED) is 0.375. The van der Waals surface area contributed by atoms with E-state index in [0.29, 0.717) is 24.3 Å². The number of nitrogens with zero attached hydrogens (tertiary/aromatic N) is 2. The maximum absolute atomic E-state index is 8.80. The van der Waals surface area contributed by atoms with Crippen molar-refractivity contribution in [2.45, 2.75) is 64.5 Å². The van der Waals surface area contributed by atoms with Crippen molar-refractivity contribution in [2.24, 2.45) is 23.5 Å². The highest BCUT2D eigenvalue weighted by Crippen LogP contribution is 2.26. The Kier molecular flexibility index (Phi) is 6.55. The topological polar surface area (TPSA) is 77.6 Å². The monoisotopic (exact) mass is 411 g/mol.